The first-order valence-corrected chi connectivity index (χ1v) is 14.8. The Morgan fingerprint density at radius 3 is 2.17 bits per heavy atom. The molecule has 218 valence electrons. The molecule has 7 N–H and O–H groups in total. The number of aryl methyl sites for hydroxylation is 1. The molecule has 0 aliphatic rings. The maximum Gasteiger partial charge on any atom is 0.408 e. The second-order valence-electron chi connectivity index (χ2n) is 9.96. The van der Waals surface area contributed by atoms with Crippen LogP contribution in [-0.4, -0.2) is 41.6 Å². The number of ether oxygens (including phenoxy) is 1. The van der Waals surface area contributed by atoms with Crippen molar-refractivity contribution in [2.75, 3.05) is 4.72 Å². The van der Waals surface area contributed by atoms with Crippen molar-refractivity contribution in [2.45, 2.75) is 64.6 Å². The summed E-state index contributed by atoms with van der Waals surface area (Å²) in [6.45, 7) is 7.24. The van der Waals surface area contributed by atoms with Crippen LogP contribution in [0.15, 0.2) is 60.0 Å². The van der Waals surface area contributed by atoms with E-state index in [0.29, 0.717) is 11.4 Å². The van der Waals surface area contributed by atoms with E-state index in [0.717, 1.165) is 23.2 Å². The molecule has 3 aromatic rings. The number of nitrogens with zero attached hydrogens (tertiary/aromatic N) is 1. The van der Waals surface area contributed by atoms with Crippen molar-refractivity contribution >= 4 is 39.3 Å². The summed E-state index contributed by atoms with van der Waals surface area (Å²) in [5.41, 5.74) is 2.04. The Kier molecular flexibility index (Phi) is 11.6. The quantitative estimate of drug-likeness (QED) is 0.200. The molecular weight excluding hydrogens is 554 g/mol. The van der Waals surface area contributed by atoms with Crippen molar-refractivity contribution < 1.29 is 27.3 Å². The van der Waals surface area contributed by atoms with Gasteiger partial charge in [0.15, 0.2) is 0 Å². The van der Waals surface area contributed by atoms with Crippen LogP contribution in [0.1, 0.15) is 55.6 Å². The lowest BCUT2D eigenvalue weighted by atomic mass is 10.0. The largest absolute Gasteiger partial charge is 0.444 e. The van der Waals surface area contributed by atoms with Crippen LogP contribution < -0.4 is 21.5 Å². The number of nitrogens with one attached hydrogen (secondary N) is 3. The molecule has 0 aliphatic carbocycles. The fraction of sp³-hybridized carbons (Fsp3) is 0.370. The van der Waals surface area contributed by atoms with Crippen LogP contribution in [0.2, 0.25) is 0 Å². The molecule has 0 saturated carbocycles. The van der Waals surface area contributed by atoms with Crippen molar-refractivity contribution in [3.8, 4) is 0 Å². The van der Waals surface area contributed by atoms with Crippen LogP contribution in [0.4, 0.5) is 10.5 Å². The molecule has 2 atom stereocenters. The minimum Gasteiger partial charge on any atom is -0.444 e. The number of anilines is 1. The lowest BCUT2D eigenvalue weighted by Gasteiger charge is -2.25. The molecule has 0 spiro atoms. The number of benzene rings is 2. The van der Waals surface area contributed by atoms with Crippen LogP contribution in [-0.2, 0) is 39.1 Å². The first-order valence-electron chi connectivity index (χ1n) is 12.4. The summed E-state index contributed by atoms with van der Waals surface area (Å²) >= 11 is 1.43. The van der Waals surface area contributed by atoms with E-state index in [2.05, 4.69) is 15.6 Å². The third-order valence-corrected chi connectivity index (χ3v) is 6.98. The molecule has 11 nitrogen and oxygen atoms in total. The SMILES string of the molecule is CCc1csc(C(Cc2ccc(NS(=O)(=O)O)cc2)NC(=O)C(Cc2ccccc2)NC(=O)OC(C)(C)C)n1.N. The monoisotopic (exact) mass is 591 g/mol. The second kappa shape index (κ2) is 14.2. The molecule has 3 rings (SSSR count). The first-order chi connectivity index (χ1) is 18.3. The number of hydrogen-bond acceptors (Lipinski definition) is 8. The Labute approximate surface area is 239 Å². The molecular formula is C27H37N5O6S2. The number of hydrogen-bond donors (Lipinski definition) is 5. The highest BCUT2D eigenvalue weighted by Gasteiger charge is 2.28. The van der Waals surface area contributed by atoms with Crippen molar-refractivity contribution in [3.05, 3.63) is 81.8 Å². The van der Waals surface area contributed by atoms with Crippen molar-refractivity contribution in [2.24, 2.45) is 0 Å². The average Bonchev–Trinajstić information content (AvgIpc) is 3.32. The Morgan fingerprint density at radius 2 is 1.62 bits per heavy atom. The highest BCUT2D eigenvalue weighted by molar-refractivity contribution is 7.87. The number of carbonyl (C=O) groups is 2. The minimum atomic E-state index is -4.39. The highest BCUT2D eigenvalue weighted by atomic mass is 32.2. The molecule has 0 bridgehead atoms. The van der Waals surface area contributed by atoms with Crippen LogP contribution in [0.5, 0.6) is 0 Å². The smallest absolute Gasteiger partial charge is 0.408 e. The van der Waals surface area contributed by atoms with E-state index in [-0.39, 0.29) is 18.3 Å². The predicted molar refractivity (Wildman–Crippen MR) is 156 cm³/mol. The molecule has 2 aromatic carbocycles. The molecule has 0 radical (unpaired) electrons. The Bertz CT molecular complexity index is 1360. The van der Waals surface area contributed by atoms with Gasteiger partial charge in [0.2, 0.25) is 5.91 Å². The van der Waals surface area contributed by atoms with Gasteiger partial charge in [0, 0.05) is 11.8 Å². The number of aromatic nitrogens is 1. The van der Waals surface area contributed by atoms with Gasteiger partial charge >= 0.3 is 16.4 Å². The van der Waals surface area contributed by atoms with Gasteiger partial charge in [-0.05, 0) is 56.9 Å². The zero-order chi connectivity index (χ0) is 28.6. The summed E-state index contributed by atoms with van der Waals surface area (Å²) in [4.78, 5) is 30.9. The summed E-state index contributed by atoms with van der Waals surface area (Å²) in [5, 5.41) is 8.40. The van der Waals surface area contributed by atoms with Crippen molar-refractivity contribution in [3.63, 3.8) is 0 Å². The summed E-state index contributed by atoms with van der Waals surface area (Å²) in [7, 11) is -4.39. The average molecular weight is 592 g/mol. The zero-order valence-electron chi connectivity index (χ0n) is 23.0. The standard InChI is InChI=1S/C27H34N4O6S2.H3N/c1-5-20-17-38-25(28-20)23(16-19-11-13-21(14-12-19)31-39(34,35)36)29-24(32)22(15-18-9-7-6-8-10-18)30-26(33)37-27(2,3)4;/h6-14,17,22-23,31H,5,15-16H2,1-4H3,(H,29,32)(H,30,33)(H,34,35,36);1H3. The zero-order valence-corrected chi connectivity index (χ0v) is 24.6. The Morgan fingerprint density at radius 1 is 1.00 bits per heavy atom. The van der Waals surface area contributed by atoms with Gasteiger partial charge in [0.05, 0.1) is 17.4 Å². The molecule has 2 amide bonds. The molecule has 1 aromatic heterocycles. The van der Waals surface area contributed by atoms with Gasteiger partial charge in [-0.3, -0.25) is 14.1 Å². The molecule has 0 saturated heterocycles. The molecule has 1 heterocycles. The van der Waals surface area contributed by atoms with Crippen molar-refractivity contribution in [1.29, 1.82) is 0 Å². The number of alkyl carbamates (subject to hydrolysis) is 1. The van der Waals surface area contributed by atoms with Gasteiger partial charge in [-0.2, -0.15) is 8.42 Å². The predicted octanol–water partition coefficient (Wildman–Crippen LogP) is 4.62. The van der Waals surface area contributed by atoms with E-state index in [1.54, 1.807) is 32.9 Å². The molecule has 0 aliphatic heterocycles. The fourth-order valence-corrected chi connectivity index (χ4v) is 5.11. The van der Waals surface area contributed by atoms with Crippen LogP contribution in [0.3, 0.4) is 0 Å². The summed E-state index contributed by atoms with van der Waals surface area (Å²) in [5.74, 6) is -0.396. The van der Waals surface area contributed by atoms with Gasteiger partial charge in [0.25, 0.3) is 0 Å². The van der Waals surface area contributed by atoms with Gasteiger partial charge in [-0.15, -0.1) is 11.3 Å². The molecule has 13 heteroatoms. The van der Waals surface area contributed by atoms with Gasteiger partial charge < -0.3 is 21.5 Å². The Balaban J connectivity index is 0.00000560. The summed E-state index contributed by atoms with van der Waals surface area (Å²) in [6, 6.07) is 14.4. The maximum atomic E-state index is 13.6. The van der Waals surface area contributed by atoms with E-state index >= 15 is 0 Å². The number of amides is 2. The number of thiazole rings is 1. The topological polar surface area (TPSA) is 182 Å². The third-order valence-electron chi connectivity index (χ3n) is 5.48. The lowest BCUT2D eigenvalue weighted by Crippen LogP contribution is -2.50. The summed E-state index contributed by atoms with van der Waals surface area (Å²) < 4.78 is 38.6. The fourth-order valence-electron chi connectivity index (χ4n) is 3.72. The molecule has 2 unspecified atom stereocenters. The third kappa shape index (κ3) is 10.9. The first kappa shape index (κ1) is 32.7. The van der Waals surface area contributed by atoms with Gasteiger partial charge in [-0.25, -0.2) is 9.78 Å². The van der Waals surface area contributed by atoms with E-state index in [4.69, 9.17) is 9.29 Å². The van der Waals surface area contributed by atoms with Crippen molar-refractivity contribution in [1.82, 2.24) is 21.8 Å². The van der Waals surface area contributed by atoms with Gasteiger partial charge in [-0.1, -0.05) is 49.4 Å². The van der Waals surface area contributed by atoms with E-state index in [9.17, 15) is 18.0 Å². The maximum absolute atomic E-state index is 13.6. The lowest BCUT2D eigenvalue weighted by molar-refractivity contribution is -0.124. The van der Waals surface area contributed by atoms with E-state index in [1.165, 1.54) is 23.5 Å². The van der Waals surface area contributed by atoms with Gasteiger partial charge in [0.1, 0.15) is 16.7 Å². The molecule has 0 fully saturated rings. The van der Waals surface area contributed by atoms with E-state index < -0.39 is 40.0 Å². The molecule has 40 heavy (non-hydrogen) atoms. The Hall–Kier alpha value is -3.52. The number of carbonyl (C=O) groups excluding carboxylic acids is 2. The van der Waals surface area contributed by atoms with Crippen LogP contribution >= 0.6 is 11.3 Å². The normalized spacial score (nSPS) is 12.9. The van der Waals surface area contributed by atoms with Crippen LogP contribution in [0, 0.1) is 0 Å². The highest BCUT2D eigenvalue weighted by Crippen LogP contribution is 2.24. The second-order valence-corrected chi connectivity index (χ2v) is 12.0. The summed E-state index contributed by atoms with van der Waals surface area (Å²) in [6.07, 6.45) is 0.662. The minimum absolute atomic E-state index is 0. The number of rotatable bonds is 11. The van der Waals surface area contributed by atoms with E-state index in [1.807, 2.05) is 47.4 Å². The van der Waals surface area contributed by atoms with Crippen LogP contribution in [0.25, 0.3) is 0 Å².